The van der Waals surface area contributed by atoms with Crippen LogP contribution in [-0.4, -0.2) is 24.6 Å². The van der Waals surface area contributed by atoms with E-state index >= 15 is 0 Å². The van der Waals surface area contributed by atoms with Gasteiger partial charge in [0.15, 0.2) is 11.5 Å². The molecule has 0 unspecified atom stereocenters. The van der Waals surface area contributed by atoms with Crippen molar-refractivity contribution in [1.82, 2.24) is 24.6 Å². The van der Waals surface area contributed by atoms with E-state index in [9.17, 15) is 5.26 Å². The third kappa shape index (κ3) is 4.74. The molecule has 160 valence electrons. The summed E-state index contributed by atoms with van der Waals surface area (Å²) in [4.78, 5) is 14.0. The minimum atomic E-state index is 0.521. The summed E-state index contributed by atoms with van der Waals surface area (Å²) in [5, 5.41) is 17.4. The van der Waals surface area contributed by atoms with Crippen molar-refractivity contribution < 1.29 is 0 Å². The second-order valence-electron chi connectivity index (χ2n) is 8.20. The van der Waals surface area contributed by atoms with Crippen molar-refractivity contribution >= 4 is 11.5 Å². The molecule has 3 heterocycles. The molecule has 1 aliphatic carbocycles. The first-order valence-corrected chi connectivity index (χ1v) is 11.2. The van der Waals surface area contributed by atoms with Gasteiger partial charge in [-0.2, -0.15) is 5.26 Å². The lowest BCUT2D eigenvalue weighted by Crippen LogP contribution is -2.10. The van der Waals surface area contributed by atoms with Gasteiger partial charge in [0.2, 0.25) is 0 Å². The predicted octanol–water partition coefficient (Wildman–Crippen LogP) is 4.63. The van der Waals surface area contributed by atoms with E-state index in [1.165, 1.54) is 25.7 Å². The van der Waals surface area contributed by atoms with Crippen LogP contribution in [0.25, 0.3) is 5.65 Å². The van der Waals surface area contributed by atoms with E-state index in [1.807, 2.05) is 17.5 Å². The number of allylic oxidation sites excluding steroid dienone is 2. The molecular formula is C24H29N7. The molecule has 1 aliphatic rings. The normalized spacial score (nSPS) is 14.8. The van der Waals surface area contributed by atoms with Gasteiger partial charge in [0, 0.05) is 30.3 Å². The summed E-state index contributed by atoms with van der Waals surface area (Å²) < 4.78 is 1.84. The first-order valence-electron chi connectivity index (χ1n) is 11.2. The molecule has 0 aromatic carbocycles. The fourth-order valence-corrected chi connectivity index (χ4v) is 4.35. The molecule has 1 fully saturated rings. The predicted molar refractivity (Wildman–Crippen MR) is 120 cm³/mol. The molecule has 3 aromatic heterocycles. The number of nitriles is 1. The van der Waals surface area contributed by atoms with Gasteiger partial charge in [0.1, 0.15) is 18.2 Å². The molecule has 0 atom stereocenters. The van der Waals surface area contributed by atoms with E-state index in [1.54, 1.807) is 24.7 Å². The molecular weight excluding hydrogens is 386 g/mol. The number of hydrogen-bond acceptors (Lipinski definition) is 6. The number of aryl methyl sites for hydroxylation is 1. The van der Waals surface area contributed by atoms with Crippen molar-refractivity contribution in [3.05, 3.63) is 59.1 Å². The molecule has 0 spiro atoms. The Morgan fingerprint density at radius 1 is 1.32 bits per heavy atom. The van der Waals surface area contributed by atoms with Gasteiger partial charge in [-0.1, -0.05) is 45.1 Å². The third-order valence-corrected chi connectivity index (χ3v) is 5.98. The zero-order valence-electron chi connectivity index (χ0n) is 18.3. The van der Waals surface area contributed by atoms with Crippen molar-refractivity contribution in [2.45, 2.75) is 65.2 Å². The second kappa shape index (κ2) is 9.69. The van der Waals surface area contributed by atoms with E-state index < -0.39 is 0 Å². The number of fused-ring (bicyclic) bond motifs is 1. The molecule has 1 saturated carbocycles. The van der Waals surface area contributed by atoms with Gasteiger partial charge in [-0.15, -0.1) is 5.10 Å². The highest BCUT2D eigenvalue weighted by atomic mass is 15.3. The lowest BCUT2D eigenvalue weighted by atomic mass is 10.0. The van der Waals surface area contributed by atoms with Gasteiger partial charge in [0.05, 0.1) is 11.3 Å². The zero-order chi connectivity index (χ0) is 21.6. The Hall–Kier alpha value is -3.27. The number of nitrogens with one attached hydrogen (secondary N) is 1. The van der Waals surface area contributed by atoms with Crippen LogP contribution < -0.4 is 5.32 Å². The topological polar surface area (TPSA) is 91.8 Å². The van der Waals surface area contributed by atoms with Gasteiger partial charge in [-0.3, -0.25) is 0 Å². The zero-order valence-corrected chi connectivity index (χ0v) is 18.3. The van der Waals surface area contributed by atoms with Crippen molar-refractivity contribution in [3.63, 3.8) is 0 Å². The third-order valence-electron chi connectivity index (χ3n) is 5.98. The number of pyridine rings is 1. The van der Waals surface area contributed by atoms with Crippen molar-refractivity contribution in [1.29, 1.82) is 5.26 Å². The molecule has 0 amide bonds. The van der Waals surface area contributed by atoms with Crippen LogP contribution >= 0.6 is 0 Å². The first kappa shape index (κ1) is 21.0. The molecule has 4 rings (SSSR count). The smallest absolute Gasteiger partial charge is 0.162 e. The highest BCUT2D eigenvalue weighted by molar-refractivity contribution is 5.56. The summed E-state index contributed by atoms with van der Waals surface area (Å²) in [5.41, 5.74) is 4.54. The van der Waals surface area contributed by atoms with Crippen LogP contribution in [0.3, 0.4) is 0 Å². The number of rotatable bonds is 8. The maximum absolute atomic E-state index is 9.35. The monoisotopic (exact) mass is 415 g/mol. The van der Waals surface area contributed by atoms with Crippen LogP contribution in [-0.2, 0) is 19.3 Å². The molecule has 3 aromatic rings. The van der Waals surface area contributed by atoms with Gasteiger partial charge < -0.3 is 5.32 Å². The molecule has 0 saturated heterocycles. The average molecular weight is 416 g/mol. The van der Waals surface area contributed by atoms with Crippen molar-refractivity contribution in [3.8, 4) is 6.07 Å². The SMILES string of the molecule is C/C=C(/Cc1ncn2nc(CC3CCCC3)nc2c1CCC)Nc1ncccc1C#N. The lowest BCUT2D eigenvalue weighted by Gasteiger charge is -2.13. The first-order chi connectivity index (χ1) is 15.2. The largest absolute Gasteiger partial charge is 0.343 e. The van der Waals surface area contributed by atoms with Crippen LogP contribution in [0.2, 0.25) is 0 Å². The molecule has 7 heteroatoms. The summed E-state index contributed by atoms with van der Waals surface area (Å²) in [6.07, 6.45) is 14.2. The summed E-state index contributed by atoms with van der Waals surface area (Å²) in [5.74, 6) is 2.21. The molecule has 31 heavy (non-hydrogen) atoms. The van der Waals surface area contributed by atoms with E-state index in [-0.39, 0.29) is 0 Å². The Morgan fingerprint density at radius 3 is 2.90 bits per heavy atom. The Kier molecular flexibility index (Phi) is 6.56. The molecule has 1 N–H and O–H groups in total. The standard InChI is InChI=1S/C24H29N7/c1-3-8-20-21(14-19(4-2)28-23-18(15-25)11-7-12-26-23)27-16-31-24(20)29-22(30-31)13-17-9-5-6-10-17/h4,7,11-12,16-17H,3,5-6,8-10,13-14H2,1-2H3,(H,26,28)/b19-4-. The van der Waals surface area contributed by atoms with Crippen LogP contribution in [0.15, 0.2) is 36.4 Å². The summed E-state index contributed by atoms with van der Waals surface area (Å²) >= 11 is 0. The van der Waals surface area contributed by atoms with Crippen LogP contribution in [0, 0.1) is 17.2 Å². The molecule has 7 nitrogen and oxygen atoms in total. The fourth-order valence-electron chi connectivity index (χ4n) is 4.35. The quantitative estimate of drug-likeness (QED) is 0.576. The fraction of sp³-hybridized carbons (Fsp3) is 0.458. The number of hydrogen-bond donors (Lipinski definition) is 1. The Morgan fingerprint density at radius 2 is 2.16 bits per heavy atom. The van der Waals surface area contributed by atoms with E-state index in [2.05, 4.69) is 23.3 Å². The maximum atomic E-state index is 9.35. The van der Waals surface area contributed by atoms with Crippen molar-refractivity contribution in [2.24, 2.45) is 5.92 Å². The van der Waals surface area contributed by atoms with E-state index in [0.29, 0.717) is 23.7 Å². The molecule has 0 radical (unpaired) electrons. The van der Waals surface area contributed by atoms with Crippen LogP contribution in [0.5, 0.6) is 0 Å². The number of nitrogens with zero attached hydrogens (tertiary/aromatic N) is 6. The van der Waals surface area contributed by atoms with E-state index in [4.69, 9.17) is 15.1 Å². The Balaban J connectivity index is 1.61. The van der Waals surface area contributed by atoms with E-state index in [0.717, 1.165) is 47.7 Å². The lowest BCUT2D eigenvalue weighted by molar-refractivity contribution is 0.530. The molecule has 0 aliphatic heterocycles. The summed E-state index contributed by atoms with van der Waals surface area (Å²) in [6, 6.07) is 5.72. The highest BCUT2D eigenvalue weighted by Gasteiger charge is 2.20. The Bertz CT molecular complexity index is 1120. The summed E-state index contributed by atoms with van der Waals surface area (Å²) in [6.45, 7) is 4.15. The van der Waals surface area contributed by atoms with Gasteiger partial charge >= 0.3 is 0 Å². The highest BCUT2D eigenvalue weighted by Crippen LogP contribution is 2.28. The number of aromatic nitrogens is 5. The van der Waals surface area contributed by atoms with Gasteiger partial charge in [-0.05, 0) is 31.4 Å². The maximum Gasteiger partial charge on any atom is 0.162 e. The average Bonchev–Trinajstić information content (AvgIpc) is 3.45. The minimum absolute atomic E-state index is 0.521. The Labute approximate surface area is 183 Å². The number of anilines is 1. The van der Waals surface area contributed by atoms with Gasteiger partial charge in [0.25, 0.3) is 0 Å². The van der Waals surface area contributed by atoms with Crippen molar-refractivity contribution in [2.75, 3.05) is 5.32 Å². The summed E-state index contributed by atoms with van der Waals surface area (Å²) in [7, 11) is 0. The van der Waals surface area contributed by atoms with Crippen LogP contribution in [0.1, 0.15) is 68.6 Å². The second-order valence-corrected chi connectivity index (χ2v) is 8.20. The van der Waals surface area contributed by atoms with Crippen LogP contribution in [0.4, 0.5) is 5.82 Å². The van der Waals surface area contributed by atoms with Gasteiger partial charge in [-0.25, -0.2) is 19.5 Å². The minimum Gasteiger partial charge on any atom is -0.343 e. The molecule has 0 bridgehead atoms.